The predicted molar refractivity (Wildman–Crippen MR) is 267 cm³/mol. The average molecular weight is 1020 g/mol. The van der Waals surface area contributed by atoms with E-state index < -0.39 is 35.8 Å². The maximum absolute atomic E-state index is 15.0. The van der Waals surface area contributed by atoms with Crippen molar-refractivity contribution in [2.24, 2.45) is 0 Å². The fourth-order valence-corrected chi connectivity index (χ4v) is 8.84. The molecule has 0 aliphatic carbocycles. The van der Waals surface area contributed by atoms with Gasteiger partial charge in [-0.25, -0.2) is 28.0 Å². The van der Waals surface area contributed by atoms with Crippen molar-refractivity contribution < 1.29 is 56.5 Å². The van der Waals surface area contributed by atoms with Crippen LogP contribution in [0.2, 0.25) is 0 Å². The molecule has 4 aromatic rings. The van der Waals surface area contributed by atoms with Crippen molar-refractivity contribution in [3.63, 3.8) is 0 Å². The van der Waals surface area contributed by atoms with E-state index in [9.17, 15) is 37.5 Å². The lowest BCUT2D eigenvalue weighted by molar-refractivity contribution is -0.135. The molecule has 2 atom stereocenters. The summed E-state index contributed by atoms with van der Waals surface area (Å²) in [6.45, 7) is 7.89. The van der Waals surface area contributed by atoms with Crippen LogP contribution in [0.25, 0.3) is 0 Å². The Morgan fingerprint density at radius 2 is 1.03 bits per heavy atom. The molecule has 17 nitrogen and oxygen atoms in total. The number of nitrogens with zero attached hydrogens (tertiary/aromatic N) is 7. The Bertz CT molecular complexity index is 2610. The van der Waals surface area contributed by atoms with Crippen molar-refractivity contribution in [1.82, 2.24) is 14.7 Å². The lowest BCUT2D eigenvalue weighted by Gasteiger charge is -2.36. The molecule has 0 bridgehead atoms. The summed E-state index contributed by atoms with van der Waals surface area (Å²) in [4.78, 5) is 85.7. The Kier molecular flexibility index (Phi) is 17.9. The first-order chi connectivity index (χ1) is 34.6. The van der Waals surface area contributed by atoms with Gasteiger partial charge in [0.05, 0.1) is 47.0 Å². The topological polar surface area (TPSA) is 162 Å². The normalized spacial score (nSPS) is 17.9. The minimum absolute atomic E-state index is 0.187. The van der Waals surface area contributed by atoms with Crippen molar-refractivity contribution in [3.05, 3.63) is 119 Å². The van der Waals surface area contributed by atoms with Crippen LogP contribution in [0.1, 0.15) is 58.5 Å². The number of esters is 2. The summed E-state index contributed by atoms with van der Waals surface area (Å²) in [5.41, 5.74) is 4.26. The number of hydrogen-bond acceptors (Lipinski definition) is 13. The van der Waals surface area contributed by atoms with Gasteiger partial charge in [-0.2, -0.15) is 0 Å². The molecule has 4 saturated heterocycles. The van der Waals surface area contributed by atoms with Gasteiger partial charge in [-0.15, -0.1) is 11.6 Å². The van der Waals surface area contributed by atoms with Crippen LogP contribution in [0.5, 0.6) is 0 Å². The molecule has 0 N–H and O–H groups in total. The molecule has 8 rings (SSSR count). The zero-order chi connectivity index (χ0) is 51.5. The van der Waals surface area contributed by atoms with Gasteiger partial charge in [-0.05, 0) is 98.7 Å². The average Bonchev–Trinajstić information content (AvgIpc) is 3.98. The fraction of sp³-hybridized carbons (Fsp3) is 0.423. The highest BCUT2D eigenvalue weighted by atomic mass is 35.5. The molecule has 0 saturated carbocycles. The van der Waals surface area contributed by atoms with Crippen LogP contribution in [0.4, 0.5) is 41.1 Å². The third kappa shape index (κ3) is 13.3. The highest BCUT2D eigenvalue weighted by Gasteiger charge is 2.34. The molecule has 0 aromatic heterocycles. The molecule has 0 spiro atoms. The number of halogens is 3. The minimum atomic E-state index is -0.585. The predicted octanol–water partition coefficient (Wildman–Crippen LogP) is 6.93. The van der Waals surface area contributed by atoms with Gasteiger partial charge >= 0.3 is 24.1 Å². The smallest absolute Gasteiger partial charge is 0.414 e. The molecular weight excluding hydrogens is 956 g/mol. The molecule has 4 fully saturated rings. The number of hydrogen-bond donors (Lipinski definition) is 0. The second-order valence-electron chi connectivity index (χ2n) is 18.0. The van der Waals surface area contributed by atoms with E-state index in [-0.39, 0.29) is 43.1 Å². The quantitative estimate of drug-likeness (QED) is 0.0686. The monoisotopic (exact) mass is 1020 g/mol. The molecule has 4 heterocycles. The van der Waals surface area contributed by atoms with E-state index in [4.69, 9.17) is 30.5 Å². The summed E-state index contributed by atoms with van der Waals surface area (Å²) in [6, 6.07) is 23.3. The Balaban J connectivity index is 0.000000212. The van der Waals surface area contributed by atoms with E-state index in [0.717, 1.165) is 11.1 Å². The van der Waals surface area contributed by atoms with Gasteiger partial charge in [0.25, 0.3) is 11.8 Å². The summed E-state index contributed by atoms with van der Waals surface area (Å²) < 4.78 is 50.8. The Hall–Kier alpha value is -6.99. The third-order valence-electron chi connectivity index (χ3n) is 12.7. The molecule has 384 valence electrons. The summed E-state index contributed by atoms with van der Waals surface area (Å²) in [5.74, 6) is -2.32. The lowest BCUT2D eigenvalue weighted by Crippen LogP contribution is -2.50. The van der Waals surface area contributed by atoms with Crippen molar-refractivity contribution in [1.29, 1.82) is 0 Å². The highest BCUT2D eigenvalue weighted by molar-refractivity contribution is 6.17. The molecule has 0 unspecified atom stereocenters. The van der Waals surface area contributed by atoms with Crippen molar-refractivity contribution in [2.75, 3.05) is 112 Å². The highest BCUT2D eigenvalue weighted by Crippen LogP contribution is 2.31. The van der Waals surface area contributed by atoms with Gasteiger partial charge in [0, 0.05) is 64.8 Å². The van der Waals surface area contributed by atoms with Crippen molar-refractivity contribution in [2.45, 2.75) is 51.3 Å². The zero-order valence-electron chi connectivity index (χ0n) is 40.9. The van der Waals surface area contributed by atoms with Gasteiger partial charge in [0.2, 0.25) is 0 Å². The second-order valence-corrected chi connectivity index (χ2v) is 18.2. The molecule has 4 aliphatic rings. The van der Waals surface area contributed by atoms with Crippen molar-refractivity contribution >= 4 is 70.3 Å². The standard InChI is InChI=1S/C27H33FN4O5.C25H27ClFN3O5/c1-4-22-17-32(27(35)37-22)21-8-9-24(23(28)15-21)30-10-12-31(13-11-30)25(33)18-36-26(34)20-7-5-6-19(14-20)16-29(2)3;1-2-20-15-30(25(33)35-20)19-6-7-22(21(27)13-19)28-8-10-29(11-9-28)23(31)16-34-24(32)18-5-3-4-17(12-18)14-26/h5-9,14-15,22H,4,10-13,16-18H2,1-3H3;3-7,12-13,20H,2,8-11,14-16H2,1H3/t22-;20-/m00/s1. The molecule has 4 aromatic carbocycles. The van der Waals surface area contributed by atoms with Gasteiger partial charge in [-0.3, -0.25) is 19.4 Å². The minimum Gasteiger partial charge on any atom is -0.452 e. The first-order valence-corrected chi connectivity index (χ1v) is 24.5. The number of rotatable bonds is 15. The number of anilines is 4. The van der Waals surface area contributed by atoms with Gasteiger partial charge < -0.3 is 43.4 Å². The summed E-state index contributed by atoms with van der Waals surface area (Å²) >= 11 is 5.79. The van der Waals surface area contributed by atoms with Gasteiger partial charge in [0.15, 0.2) is 13.2 Å². The van der Waals surface area contributed by atoms with E-state index in [1.54, 1.807) is 76.5 Å². The van der Waals surface area contributed by atoms with Crippen LogP contribution >= 0.6 is 11.6 Å². The van der Waals surface area contributed by atoms with E-state index in [1.807, 2.05) is 48.7 Å². The maximum atomic E-state index is 15.0. The number of benzene rings is 4. The first kappa shape index (κ1) is 52.8. The largest absolute Gasteiger partial charge is 0.452 e. The summed E-state index contributed by atoms with van der Waals surface area (Å²) in [7, 11) is 3.89. The van der Waals surface area contributed by atoms with E-state index in [2.05, 4.69) is 0 Å². The van der Waals surface area contributed by atoms with Crippen LogP contribution in [-0.4, -0.2) is 156 Å². The molecular formula is C52H60ClF2N7O10. The first-order valence-electron chi connectivity index (χ1n) is 24.0. The Morgan fingerprint density at radius 3 is 1.40 bits per heavy atom. The molecule has 4 aliphatic heterocycles. The maximum Gasteiger partial charge on any atom is 0.414 e. The van der Waals surface area contributed by atoms with Crippen LogP contribution in [0, 0.1) is 11.6 Å². The number of alkyl halides is 1. The second kappa shape index (κ2) is 24.4. The molecule has 72 heavy (non-hydrogen) atoms. The lowest BCUT2D eigenvalue weighted by atomic mass is 10.1. The van der Waals surface area contributed by atoms with Crippen LogP contribution in [0.15, 0.2) is 84.9 Å². The van der Waals surface area contributed by atoms with E-state index >= 15 is 0 Å². The summed E-state index contributed by atoms with van der Waals surface area (Å²) in [5, 5.41) is 0. The molecule has 4 amide bonds. The summed E-state index contributed by atoms with van der Waals surface area (Å²) in [6.07, 6.45) is 0.0947. The molecule has 20 heteroatoms. The number of ether oxygens (including phenoxy) is 4. The van der Waals surface area contributed by atoms with Gasteiger partial charge in [0.1, 0.15) is 23.8 Å². The van der Waals surface area contributed by atoms with Crippen LogP contribution in [-0.2, 0) is 41.0 Å². The van der Waals surface area contributed by atoms with Crippen LogP contribution in [0.3, 0.4) is 0 Å². The van der Waals surface area contributed by atoms with Crippen molar-refractivity contribution in [3.8, 4) is 0 Å². The van der Waals surface area contributed by atoms with E-state index in [1.165, 1.54) is 21.9 Å². The zero-order valence-corrected chi connectivity index (χ0v) is 41.7. The Labute approximate surface area is 422 Å². The number of piperazine rings is 2. The number of cyclic esters (lactones) is 2. The van der Waals surface area contributed by atoms with E-state index in [0.29, 0.717) is 119 Å². The van der Waals surface area contributed by atoms with Gasteiger partial charge in [-0.1, -0.05) is 38.1 Å². The fourth-order valence-electron chi connectivity index (χ4n) is 8.67. The Morgan fingerprint density at radius 1 is 0.611 bits per heavy atom. The number of carbonyl (C=O) groups excluding carboxylic acids is 6. The third-order valence-corrected chi connectivity index (χ3v) is 13.0. The van der Waals surface area contributed by atoms with Crippen LogP contribution < -0.4 is 19.6 Å². The SMILES string of the molecule is CC[C@H]1CN(c2ccc(N3CCN(C(=O)COC(=O)c4cccc(CCl)c4)CC3)c(F)c2)C(=O)O1.CC[C@H]1CN(c2ccc(N3CCN(C(=O)COC(=O)c4cccc(CN(C)C)c4)CC3)c(F)c2)C(=O)O1. The number of carbonyl (C=O) groups is 6. The molecule has 0 radical (unpaired) electrons. The number of amides is 4.